The van der Waals surface area contributed by atoms with E-state index in [1.807, 2.05) is 18.4 Å². The van der Waals surface area contributed by atoms with Crippen LogP contribution in [-0.2, 0) is 17.7 Å². The smallest absolute Gasteiger partial charge is 0.141 e. The number of hydrogen-bond acceptors (Lipinski definition) is 5. The summed E-state index contributed by atoms with van der Waals surface area (Å²) in [5.74, 6) is 1.05. The van der Waals surface area contributed by atoms with Crippen molar-refractivity contribution in [1.82, 2.24) is 9.88 Å². The van der Waals surface area contributed by atoms with E-state index in [1.165, 1.54) is 9.88 Å². The molecule has 0 unspecified atom stereocenters. The molecule has 90 valence electrons. The first-order valence-electron chi connectivity index (χ1n) is 5.80. The van der Waals surface area contributed by atoms with Gasteiger partial charge in [0.05, 0.1) is 23.1 Å². The molecule has 0 saturated carbocycles. The van der Waals surface area contributed by atoms with Crippen molar-refractivity contribution in [3.63, 3.8) is 0 Å². The maximum atomic E-state index is 5.35. The van der Waals surface area contributed by atoms with Crippen LogP contribution in [0, 0.1) is 0 Å². The molecule has 1 aliphatic heterocycles. The van der Waals surface area contributed by atoms with Gasteiger partial charge in [0.2, 0.25) is 0 Å². The van der Waals surface area contributed by atoms with Crippen LogP contribution >= 0.6 is 11.3 Å². The number of hydrogen-bond donors (Lipinski definition) is 1. The van der Waals surface area contributed by atoms with Gasteiger partial charge in [0.15, 0.2) is 0 Å². The van der Waals surface area contributed by atoms with Crippen molar-refractivity contribution in [3.8, 4) is 0 Å². The molecule has 1 aromatic rings. The summed E-state index contributed by atoms with van der Waals surface area (Å²) in [4.78, 5) is 8.34. The van der Waals surface area contributed by atoms with Crippen LogP contribution in [0.25, 0.3) is 0 Å². The number of anilines is 1. The highest BCUT2D eigenvalue weighted by atomic mass is 32.1. The number of aromatic nitrogens is 1. The second-order valence-electron chi connectivity index (χ2n) is 3.87. The van der Waals surface area contributed by atoms with E-state index in [9.17, 15) is 0 Å². The number of nitrogens with one attached hydrogen (secondary N) is 1. The average molecular weight is 241 g/mol. The molecule has 16 heavy (non-hydrogen) atoms. The van der Waals surface area contributed by atoms with Crippen LogP contribution in [0.2, 0.25) is 0 Å². The maximum Gasteiger partial charge on any atom is 0.141 e. The summed E-state index contributed by atoms with van der Waals surface area (Å²) in [6, 6.07) is 0. The quantitative estimate of drug-likeness (QED) is 0.868. The lowest BCUT2D eigenvalue weighted by atomic mass is 10.3. The molecule has 0 amide bonds. The fourth-order valence-electron chi connectivity index (χ4n) is 1.82. The van der Waals surface area contributed by atoms with E-state index < -0.39 is 0 Å². The molecular weight excluding hydrogens is 222 g/mol. The number of rotatable bonds is 4. The van der Waals surface area contributed by atoms with E-state index in [1.54, 1.807) is 0 Å². The predicted octanol–water partition coefficient (Wildman–Crippen LogP) is 1.58. The van der Waals surface area contributed by atoms with Gasteiger partial charge in [-0.25, -0.2) is 4.98 Å². The molecule has 4 nitrogen and oxygen atoms in total. The zero-order valence-corrected chi connectivity index (χ0v) is 10.8. The molecule has 1 N–H and O–H groups in total. The van der Waals surface area contributed by atoms with Crippen molar-refractivity contribution < 1.29 is 4.74 Å². The molecule has 0 atom stereocenters. The minimum atomic E-state index is 0.855. The van der Waals surface area contributed by atoms with Crippen LogP contribution in [0.1, 0.15) is 16.8 Å². The molecule has 0 radical (unpaired) electrons. The molecule has 2 heterocycles. The van der Waals surface area contributed by atoms with Crippen LogP contribution in [0.5, 0.6) is 0 Å². The number of morpholine rings is 1. The number of nitrogens with zero attached hydrogens (tertiary/aromatic N) is 2. The number of thiazole rings is 1. The lowest BCUT2D eigenvalue weighted by molar-refractivity contribution is 0.0347. The van der Waals surface area contributed by atoms with Gasteiger partial charge in [-0.1, -0.05) is 6.92 Å². The monoisotopic (exact) mass is 241 g/mol. The van der Waals surface area contributed by atoms with Gasteiger partial charge < -0.3 is 10.1 Å². The fraction of sp³-hybridized carbons (Fsp3) is 0.727. The number of aryl methyl sites for hydroxylation is 1. The lowest BCUT2D eigenvalue weighted by Crippen LogP contribution is -2.35. The van der Waals surface area contributed by atoms with E-state index >= 15 is 0 Å². The van der Waals surface area contributed by atoms with Crippen molar-refractivity contribution in [2.75, 3.05) is 38.7 Å². The normalized spacial score (nSPS) is 17.6. The minimum absolute atomic E-state index is 0.855. The second-order valence-corrected chi connectivity index (χ2v) is 5.04. The largest absolute Gasteiger partial charge is 0.379 e. The Morgan fingerprint density at radius 1 is 1.44 bits per heavy atom. The average Bonchev–Trinajstić information content (AvgIpc) is 2.73. The van der Waals surface area contributed by atoms with Crippen LogP contribution in [-0.4, -0.2) is 43.2 Å². The van der Waals surface area contributed by atoms with Gasteiger partial charge in [0, 0.05) is 26.7 Å². The van der Waals surface area contributed by atoms with Crippen LogP contribution in [0.15, 0.2) is 0 Å². The molecule has 1 aromatic heterocycles. The van der Waals surface area contributed by atoms with Crippen molar-refractivity contribution >= 4 is 17.2 Å². The topological polar surface area (TPSA) is 37.4 Å². The van der Waals surface area contributed by atoms with E-state index in [-0.39, 0.29) is 0 Å². The van der Waals surface area contributed by atoms with Crippen molar-refractivity contribution in [2.24, 2.45) is 0 Å². The summed E-state index contributed by atoms with van der Waals surface area (Å²) in [7, 11) is 1.94. The summed E-state index contributed by atoms with van der Waals surface area (Å²) in [6.45, 7) is 6.92. The Kier molecular flexibility index (Phi) is 4.15. The predicted molar refractivity (Wildman–Crippen MR) is 67.1 cm³/mol. The molecule has 0 aromatic carbocycles. The molecular formula is C11H19N3OS. The summed E-state index contributed by atoms with van der Waals surface area (Å²) in [5.41, 5.74) is 0. The van der Waals surface area contributed by atoms with Crippen molar-refractivity contribution in [1.29, 1.82) is 0 Å². The van der Waals surface area contributed by atoms with Gasteiger partial charge in [-0.05, 0) is 6.42 Å². The Morgan fingerprint density at radius 3 is 2.81 bits per heavy atom. The van der Waals surface area contributed by atoms with Crippen LogP contribution < -0.4 is 5.32 Å². The van der Waals surface area contributed by atoms with Gasteiger partial charge >= 0.3 is 0 Å². The standard InChI is InChI=1S/C11H19N3OS/c1-3-10-13-11(12-2)9(16-10)8-14-4-6-15-7-5-14/h12H,3-8H2,1-2H3. The van der Waals surface area contributed by atoms with E-state index in [2.05, 4.69) is 22.1 Å². The first kappa shape index (κ1) is 11.8. The third-order valence-electron chi connectivity index (χ3n) is 2.75. The SMILES string of the molecule is CCc1nc(NC)c(CN2CCOCC2)s1. The van der Waals surface area contributed by atoms with E-state index in [0.29, 0.717) is 0 Å². The first-order chi connectivity index (χ1) is 7.83. The molecule has 1 aliphatic rings. The van der Waals surface area contributed by atoms with Crippen LogP contribution in [0.3, 0.4) is 0 Å². The second kappa shape index (κ2) is 5.61. The Bertz CT molecular complexity index is 334. The Labute approximate surface area is 101 Å². The zero-order valence-electron chi connectivity index (χ0n) is 9.95. The zero-order chi connectivity index (χ0) is 11.4. The minimum Gasteiger partial charge on any atom is -0.379 e. The molecule has 0 bridgehead atoms. The van der Waals surface area contributed by atoms with Crippen molar-refractivity contribution in [2.45, 2.75) is 19.9 Å². The summed E-state index contributed by atoms with van der Waals surface area (Å²) >= 11 is 1.82. The highest BCUT2D eigenvalue weighted by molar-refractivity contribution is 7.12. The number of ether oxygens (including phenoxy) is 1. The third-order valence-corrected chi connectivity index (χ3v) is 3.94. The molecule has 1 saturated heterocycles. The van der Waals surface area contributed by atoms with E-state index in [0.717, 1.165) is 45.1 Å². The van der Waals surface area contributed by atoms with E-state index in [4.69, 9.17) is 4.74 Å². The Hall–Kier alpha value is -0.650. The summed E-state index contributed by atoms with van der Waals surface area (Å²) < 4.78 is 5.35. The highest BCUT2D eigenvalue weighted by Crippen LogP contribution is 2.25. The lowest BCUT2D eigenvalue weighted by Gasteiger charge is -2.26. The summed E-state index contributed by atoms with van der Waals surface area (Å²) in [6.07, 6.45) is 1.02. The van der Waals surface area contributed by atoms with Crippen LogP contribution in [0.4, 0.5) is 5.82 Å². The Balaban J connectivity index is 2.03. The van der Waals surface area contributed by atoms with Gasteiger partial charge in [-0.2, -0.15) is 0 Å². The van der Waals surface area contributed by atoms with Gasteiger partial charge in [0.25, 0.3) is 0 Å². The first-order valence-corrected chi connectivity index (χ1v) is 6.61. The maximum absolute atomic E-state index is 5.35. The highest BCUT2D eigenvalue weighted by Gasteiger charge is 2.15. The third kappa shape index (κ3) is 2.72. The van der Waals surface area contributed by atoms with Gasteiger partial charge in [-0.15, -0.1) is 11.3 Å². The molecule has 1 fully saturated rings. The fourth-order valence-corrected chi connectivity index (χ4v) is 2.87. The van der Waals surface area contributed by atoms with Gasteiger partial charge in [0.1, 0.15) is 5.82 Å². The van der Waals surface area contributed by atoms with Crippen molar-refractivity contribution in [3.05, 3.63) is 9.88 Å². The molecule has 0 aliphatic carbocycles. The summed E-state index contributed by atoms with van der Waals surface area (Å²) in [5, 5.41) is 4.40. The Morgan fingerprint density at radius 2 is 2.19 bits per heavy atom. The molecule has 5 heteroatoms. The molecule has 2 rings (SSSR count). The molecule has 0 spiro atoms. The van der Waals surface area contributed by atoms with Gasteiger partial charge in [-0.3, -0.25) is 4.90 Å².